The number of rotatable bonds is 4. The number of likely N-dealkylation sites (N-methyl/N-ethyl adjacent to an activating group) is 1. The van der Waals surface area contributed by atoms with Crippen LogP contribution < -0.4 is 15.0 Å². The van der Waals surface area contributed by atoms with Crippen molar-refractivity contribution in [3.63, 3.8) is 0 Å². The fourth-order valence-corrected chi connectivity index (χ4v) is 3.03. The van der Waals surface area contributed by atoms with Gasteiger partial charge in [0.2, 0.25) is 5.91 Å². The molecule has 5 nitrogen and oxygen atoms in total. The number of ether oxygens (including phenoxy) is 1. The van der Waals surface area contributed by atoms with E-state index >= 15 is 0 Å². The predicted molar refractivity (Wildman–Crippen MR) is 98.2 cm³/mol. The summed E-state index contributed by atoms with van der Waals surface area (Å²) in [5.74, 6) is 0.466. The lowest BCUT2D eigenvalue weighted by Crippen LogP contribution is -2.33. The molecule has 130 valence electrons. The molecule has 0 aliphatic carbocycles. The van der Waals surface area contributed by atoms with Crippen LogP contribution in [-0.4, -0.2) is 25.5 Å². The van der Waals surface area contributed by atoms with Crippen LogP contribution in [0.15, 0.2) is 42.5 Å². The van der Waals surface area contributed by atoms with Crippen molar-refractivity contribution in [3.05, 3.63) is 53.6 Å². The Morgan fingerprint density at radius 1 is 1.16 bits per heavy atom. The van der Waals surface area contributed by atoms with E-state index in [0.29, 0.717) is 11.4 Å². The number of aryl methyl sites for hydroxylation is 1. The highest BCUT2D eigenvalue weighted by atomic mass is 16.5. The zero-order valence-corrected chi connectivity index (χ0v) is 14.9. The SMILES string of the molecule is Cc1ccc(OCC(=O)Nc2ccc3c(c2)C(C)(C)C(=O)N3C)cc1. The summed E-state index contributed by atoms with van der Waals surface area (Å²) in [5, 5.41) is 2.83. The van der Waals surface area contributed by atoms with E-state index in [0.717, 1.165) is 16.8 Å². The van der Waals surface area contributed by atoms with Gasteiger partial charge in [-0.15, -0.1) is 0 Å². The van der Waals surface area contributed by atoms with Crippen molar-refractivity contribution < 1.29 is 14.3 Å². The molecule has 2 aromatic rings. The van der Waals surface area contributed by atoms with Crippen molar-refractivity contribution in [2.75, 3.05) is 23.9 Å². The summed E-state index contributed by atoms with van der Waals surface area (Å²) < 4.78 is 5.49. The number of nitrogens with zero attached hydrogens (tertiary/aromatic N) is 1. The molecule has 2 aromatic carbocycles. The zero-order chi connectivity index (χ0) is 18.2. The average Bonchev–Trinajstić information content (AvgIpc) is 2.75. The summed E-state index contributed by atoms with van der Waals surface area (Å²) in [5.41, 5.74) is 2.99. The molecule has 0 saturated carbocycles. The number of anilines is 2. The standard InChI is InChI=1S/C20H22N2O3/c1-13-5-8-15(9-6-13)25-12-18(23)21-14-7-10-17-16(11-14)20(2,3)19(24)22(17)4/h5-11H,12H2,1-4H3,(H,21,23). The first-order valence-electron chi connectivity index (χ1n) is 8.21. The molecule has 0 saturated heterocycles. The van der Waals surface area contributed by atoms with E-state index in [1.54, 1.807) is 18.0 Å². The highest BCUT2D eigenvalue weighted by Gasteiger charge is 2.42. The first-order chi connectivity index (χ1) is 11.8. The lowest BCUT2D eigenvalue weighted by Gasteiger charge is -2.17. The molecule has 25 heavy (non-hydrogen) atoms. The predicted octanol–water partition coefficient (Wildman–Crippen LogP) is 3.27. The second kappa shape index (κ2) is 6.24. The summed E-state index contributed by atoms with van der Waals surface area (Å²) in [6.07, 6.45) is 0. The van der Waals surface area contributed by atoms with E-state index in [1.165, 1.54) is 0 Å². The van der Waals surface area contributed by atoms with E-state index in [1.807, 2.05) is 57.2 Å². The monoisotopic (exact) mass is 338 g/mol. The third kappa shape index (κ3) is 3.22. The Labute approximate surface area is 147 Å². The summed E-state index contributed by atoms with van der Waals surface area (Å²) in [7, 11) is 1.77. The number of carbonyl (C=O) groups excluding carboxylic acids is 2. The van der Waals surface area contributed by atoms with Gasteiger partial charge in [-0.3, -0.25) is 9.59 Å². The van der Waals surface area contributed by atoms with Crippen LogP contribution in [0, 0.1) is 6.92 Å². The first kappa shape index (κ1) is 17.0. The summed E-state index contributed by atoms with van der Waals surface area (Å²) >= 11 is 0. The fourth-order valence-electron chi connectivity index (χ4n) is 3.03. The van der Waals surface area contributed by atoms with Gasteiger partial charge in [0.25, 0.3) is 5.91 Å². The van der Waals surface area contributed by atoms with Crippen molar-refractivity contribution in [1.82, 2.24) is 0 Å². The number of hydrogen-bond acceptors (Lipinski definition) is 3. The molecular weight excluding hydrogens is 316 g/mol. The highest BCUT2D eigenvalue weighted by Crippen LogP contribution is 2.41. The number of nitrogens with one attached hydrogen (secondary N) is 1. The maximum Gasteiger partial charge on any atom is 0.262 e. The minimum atomic E-state index is -0.594. The van der Waals surface area contributed by atoms with Crippen molar-refractivity contribution in [2.24, 2.45) is 0 Å². The van der Waals surface area contributed by atoms with Crippen LogP contribution in [0.1, 0.15) is 25.0 Å². The minimum absolute atomic E-state index is 0.0497. The summed E-state index contributed by atoms with van der Waals surface area (Å²) in [6.45, 7) is 5.71. The van der Waals surface area contributed by atoms with Gasteiger partial charge in [0.15, 0.2) is 6.61 Å². The molecule has 0 aromatic heterocycles. The minimum Gasteiger partial charge on any atom is -0.484 e. The van der Waals surface area contributed by atoms with Gasteiger partial charge in [0, 0.05) is 18.4 Å². The summed E-state index contributed by atoms with van der Waals surface area (Å²) in [4.78, 5) is 26.1. The first-order valence-corrected chi connectivity index (χ1v) is 8.21. The van der Waals surface area contributed by atoms with Gasteiger partial charge in [-0.25, -0.2) is 0 Å². The molecule has 0 radical (unpaired) electrons. The van der Waals surface area contributed by atoms with Gasteiger partial charge in [-0.05, 0) is 56.7 Å². The maximum absolute atomic E-state index is 12.3. The third-order valence-electron chi connectivity index (χ3n) is 4.55. The second-order valence-electron chi connectivity index (χ2n) is 6.87. The zero-order valence-electron chi connectivity index (χ0n) is 14.9. The number of amides is 2. The lowest BCUT2D eigenvalue weighted by molar-refractivity contribution is -0.121. The molecule has 0 spiro atoms. The Bertz CT molecular complexity index is 825. The van der Waals surface area contributed by atoms with Gasteiger partial charge < -0.3 is 15.0 Å². The molecule has 0 fully saturated rings. The summed E-state index contributed by atoms with van der Waals surface area (Å²) in [6, 6.07) is 13.1. The lowest BCUT2D eigenvalue weighted by atomic mass is 9.86. The Morgan fingerprint density at radius 2 is 1.84 bits per heavy atom. The molecule has 2 amide bonds. The van der Waals surface area contributed by atoms with Gasteiger partial charge in [-0.2, -0.15) is 0 Å². The van der Waals surface area contributed by atoms with E-state index in [4.69, 9.17) is 4.74 Å². The highest BCUT2D eigenvalue weighted by molar-refractivity contribution is 6.07. The van der Waals surface area contributed by atoms with Gasteiger partial charge >= 0.3 is 0 Å². The molecule has 3 rings (SSSR count). The number of hydrogen-bond donors (Lipinski definition) is 1. The quantitative estimate of drug-likeness (QED) is 0.931. The Hall–Kier alpha value is -2.82. The Kier molecular flexibility index (Phi) is 4.25. The van der Waals surface area contributed by atoms with Crippen LogP contribution in [0.3, 0.4) is 0 Å². The van der Waals surface area contributed by atoms with Crippen molar-refractivity contribution in [1.29, 1.82) is 0 Å². The molecular formula is C20H22N2O3. The van der Waals surface area contributed by atoms with Crippen LogP contribution >= 0.6 is 0 Å². The van der Waals surface area contributed by atoms with Crippen molar-refractivity contribution >= 4 is 23.2 Å². The Balaban J connectivity index is 1.68. The van der Waals surface area contributed by atoms with Crippen molar-refractivity contribution in [3.8, 4) is 5.75 Å². The van der Waals surface area contributed by atoms with E-state index in [9.17, 15) is 9.59 Å². The normalized spacial score (nSPS) is 15.0. The van der Waals surface area contributed by atoms with Gasteiger partial charge in [0.1, 0.15) is 5.75 Å². The number of carbonyl (C=O) groups is 2. The van der Waals surface area contributed by atoms with Crippen LogP contribution in [0.2, 0.25) is 0 Å². The largest absolute Gasteiger partial charge is 0.484 e. The molecule has 5 heteroatoms. The van der Waals surface area contributed by atoms with Crippen LogP contribution in [0.25, 0.3) is 0 Å². The topological polar surface area (TPSA) is 58.6 Å². The van der Waals surface area contributed by atoms with E-state index < -0.39 is 5.41 Å². The van der Waals surface area contributed by atoms with Crippen LogP contribution in [0.5, 0.6) is 5.75 Å². The van der Waals surface area contributed by atoms with E-state index in [2.05, 4.69) is 5.32 Å². The third-order valence-corrected chi connectivity index (χ3v) is 4.55. The Morgan fingerprint density at radius 3 is 2.52 bits per heavy atom. The average molecular weight is 338 g/mol. The van der Waals surface area contributed by atoms with Crippen LogP contribution in [-0.2, 0) is 15.0 Å². The van der Waals surface area contributed by atoms with Crippen molar-refractivity contribution in [2.45, 2.75) is 26.2 Å². The van der Waals surface area contributed by atoms with Gasteiger partial charge in [0.05, 0.1) is 5.41 Å². The number of fused-ring (bicyclic) bond motifs is 1. The fraction of sp³-hybridized carbons (Fsp3) is 0.300. The number of benzene rings is 2. The maximum atomic E-state index is 12.3. The molecule has 0 atom stereocenters. The molecule has 0 bridgehead atoms. The van der Waals surface area contributed by atoms with E-state index in [-0.39, 0.29) is 18.4 Å². The van der Waals surface area contributed by atoms with Crippen LogP contribution in [0.4, 0.5) is 11.4 Å². The van der Waals surface area contributed by atoms with Gasteiger partial charge in [-0.1, -0.05) is 17.7 Å². The molecule has 1 heterocycles. The molecule has 1 N–H and O–H groups in total. The molecule has 1 aliphatic heterocycles. The second-order valence-corrected chi connectivity index (χ2v) is 6.87. The molecule has 0 unspecified atom stereocenters. The smallest absolute Gasteiger partial charge is 0.262 e. The molecule has 1 aliphatic rings.